The lowest BCUT2D eigenvalue weighted by Gasteiger charge is -1.97. The molecule has 0 rings (SSSR count). The van der Waals surface area contributed by atoms with Gasteiger partial charge in [-0.3, -0.25) is 0 Å². The molecule has 0 atom stereocenters. The third-order valence-corrected chi connectivity index (χ3v) is 2.04. The SMILES string of the molecule is CCCCCCCCC[S]. The summed E-state index contributed by atoms with van der Waals surface area (Å²) >= 11 is 4.85. The minimum Gasteiger partial charge on any atom is -0.0942 e. The summed E-state index contributed by atoms with van der Waals surface area (Å²) in [6, 6.07) is 0. The Balaban J connectivity index is 2.65. The molecule has 0 bridgehead atoms. The van der Waals surface area contributed by atoms with E-state index >= 15 is 0 Å². The van der Waals surface area contributed by atoms with Crippen LogP contribution in [-0.4, -0.2) is 5.75 Å². The Labute approximate surface area is 70.8 Å². The Morgan fingerprint density at radius 1 is 0.800 bits per heavy atom. The summed E-state index contributed by atoms with van der Waals surface area (Å²) < 4.78 is 0. The fourth-order valence-corrected chi connectivity index (χ4v) is 1.26. The molecule has 0 aliphatic rings. The lowest BCUT2D eigenvalue weighted by Crippen LogP contribution is -1.79. The summed E-state index contributed by atoms with van der Waals surface area (Å²) in [7, 11) is 0. The van der Waals surface area contributed by atoms with E-state index in [-0.39, 0.29) is 0 Å². The van der Waals surface area contributed by atoms with Gasteiger partial charge in [-0.25, -0.2) is 0 Å². The van der Waals surface area contributed by atoms with Crippen molar-refractivity contribution in [2.45, 2.75) is 51.9 Å². The van der Waals surface area contributed by atoms with E-state index in [1.165, 1.54) is 44.9 Å². The highest BCUT2D eigenvalue weighted by Crippen LogP contribution is 2.06. The van der Waals surface area contributed by atoms with Crippen LogP contribution in [0.1, 0.15) is 51.9 Å². The van der Waals surface area contributed by atoms with Crippen LogP contribution < -0.4 is 0 Å². The van der Waals surface area contributed by atoms with E-state index in [0.717, 1.165) is 5.75 Å². The smallest absolute Gasteiger partial charge is 0.00369 e. The Bertz CT molecular complexity index is 44.7. The highest BCUT2D eigenvalue weighted by molar-refractivity contribution is 7.80. The molecular weight excluding hydrogens is 140 g/mol. The molecule has 61 valence electrons. The number of rotatable bonds is 7. The first-order chi connectivity index (χ1) is 4.91. The normalized spacial score (nSPS) is 10.2. The summed E-state index contributed by atoms with van der Waals surface area (Å²) in [5.74, 6) is 0.952. The van der Waals surface area contributed by atoms with Crippen molar-refractivity contribution in [1.29, 1.82) is 0 Å². The molecule has 0 aromatic rings. The Morgan fingerprint density at radius 3 is 1.80 bits per heavy atom. The molecule has 0 heterocycles. The largest absolute Gasteiger partial charge is 0.0942 e. The lowest BCUT2D eigenvalue weighted by molar-refractivity contribution is 0.604. The van der Waals surface area contributed by atoms with Crippen LogP contribution in [0.3, 0.4) is 0 Å². The predicted molar refractivity (Wildman–Crippen MR) is 50.5 cm³/mol. The Hall–Kier alpha value is 0.350. The van der Waals surface area contributed by atoms with Gasteiger partial charge >= 0.3 is 0 Å². The molecule has 1 heteroatoms. The molecule has 0 unspecified atom stereocenters. The highest BCUT2D eigenvalue weighted by Gasteiger charge is 1.88. The van der Waals surface area contributed by atoms with Gasteiger partial charge in [-0.2, -0.15) is 0 Å². The Kier molecular flexibility index (Phi) is 9.68. The van der Waals surface area contributed by atoms with Crippen molar-refractivity contribution in [2.24, 2.45) is 0 Å². The zero-order valence-corrected chi connectivity index (χ0v) is 7.88. The van der Waals surface area contributed by atoms with Crippen molar-refractivity contribution < 1.29 is 0 Å². The van der Waals surface area contributed by atoms with Gasteiger partial charge in [0.15, 0.2) is 0 Å². The van der Waals surface area contributed by atoms with Gasteiger partial charge in [0.25, 0.3) is 0 Å². The molecular formula is C9H19S. The molecule has 0 aliphatic heterocycles. The van der Waals surface area contributed by atoms with E-state index in [1.807, 2.05) is 0 Å². The van der Waals surface area contributed by atoms with Gasteiger partial charge in [-0.05, 0) is 6.42 Å². The van der Waals surface area contributed by atoms with Gasteiger partial charge in [-0.1, -0.05) is 58.1 Å². The van der Waals surface area contributed by atoms with E-state index in [2.05, 4.69) is 6.92 Å². The van der Waals surface area contributed by atoms with Gasteiger partial charge < -0.3 is 0 Å². The van der Waals surface area contributed by atoms with Crippen molar-refractivity contribution in [3.63, 3.8) is 0 Å². The Morgan fingerprint density at radius 2 is 1.30 bits per heavy atom. The molecule has 0 aliphatic carbocycles. The van der Waals surface area contributed by atoms with Crippen LogP contribution in [0.25, 0.3) is 0 Å². The first-order valence-corrected chi connectivity index (χ1v) is 5.07. The van der Waals surface area contributed by atoms with Crippen LogP contribution in [-0.2, 0) is 0 Å². The number of hydrogen-bond donors (Lipinski definition) is 0. The monoisotopic (exact) mass is 159 g/mol. The minimum absolute atomic E-state index is 0.952. The average Bonchev–Trinajstić information content (AvgIpc) is 1.97. The fourth-order valence-electron chi connectivity index (χ4n) is 1.06. The molecule has 0 aromatic heterocycles. The summed E-state index contributed by atoms with van der Waals surface area (Å²) in [5.41, 5.74) is 0. The molecule has 0 N–H and O–H groups in total. The second-order valence-corrected chi connectivity index (χ2v) is 3.23. The van der Waals surface area contributed by atoms with Crippen LogP contribution in [0.2, 0.25) is 0 Å². The summed E-state index contributed by atoms with van der Waals surface area (Å²) in [6.07, 6.45) is 9.61. The molecule has 0 nitrogen and oxygen atoms in total. The average molecular weight is 159 g/mol. The topological polar surface area (TPSA) is 0 Å². The summed E-state index contributed by atoms with van der Waals surface area (Å²) in [4.78, 5) is 0. The van der Waals surface area contributed by atoms with Crippen LogP contribution in [0, 0.1) is 0 Å². The first kappa shape index (κ1) is 10.3. The third kappa shape index (κ3) is 8.35. The van der Waals surface area contributed by atoms with Gasteiger partial charge in [0.1, 0.15) is 0 Å². The van der Waals surface area contributed by atoms with Crippen LogP contribution in [0.5, 0.6) is 0 Å². The maximum atomic E-state index is 4.85. The van der Waals surface area contributed by atoms with E-state index < -0.39 is 0 Å². The maximum Gasteiger partial charge on any atom is 0.00369 e. The van der Waals surface area contributed by atoms with Crippen molar-refractivity contribution in [3.8, 4) is 0 Å². The molecule has 0 spiro atoms. The van der Waals surface area contributed by atoms with Crippen LogP contribution >= 0.6 is 12.6 Å². The molecule has 0 saturated heterocycles. The molecule has 1 radical (unpaired) electrons. The highest BCUT2D eigenvalue weighted by atomic mass is 32.1. The van der Waals surface area contributed by atoms with Crippen molar-refractivity contribution in [1.82, 2.24) is 0 Å². The fraction of sp³-hybridized carbons (Fsp3) is 1.00. The molecule has 10 heavy (non-hydrogen) atoms. The van der Waals surface area contributed by atoms with Crippen LogP contribution in [0.4, 0.5) is 0 Å². The minimum atomic E-state index is 0.952. The molecule has 0 fully saturated rings. The zero-order chi connectivity index (χ0) is 7.66. The number of hydrogen-bond acceptors (Lipinski definition) is 0. The first-order valence-electron chi connectivity index (χ1n) is 4.50. The standard InChI is InChI=1S/C9H19S/c1-2-3-4-5-6-7-8-9-10/h2-9H2,1H3. The van der Waals surface area contributed by atoms with Gasteiger partial charge in [0.05, 0.1) is 0 Å². The van der Waals surface area contributed by atoms with Crippen molar-refractivity contribution in [3.05, 3.63) is 0 Å². The summed E-state index contributed by atoms with van der Waals surface area (Å²) in [5, 5.41) is 0. The lowest BCUT2D eigenvalue weighted by atomic mass is 10.1. The van der Waals surface area contributed by atoms with Gasteiger partial charge in [0.2, 0.25) is 0 Å². The predicted octanol–water partition coefficient (Wildman–Crippen LogP) is 3.93. The van der Waals surface area contributed by atoms with Crippen LogP contribution in [0.15, 0.2) is 0 Å². The third-order valence-electron chi connectivity index (χ3n) is 1.75. The van der Waals surface area contributed by atoms with E-state index in [9.17, 15) is 0 Å². The quantitative estimate of drug-likeness (QED) is 0.494. The summed E-state index contributed by atoms with van der Waals surface area (Å²) in [6.45, 7) is 2.25. The van der Waals surface area contributed by atoms with Gasteiger partial charge in [-0.15, -0.1) is 0 Å². The van der Waals surface area contributed by atoms with Gasteiger partial charge in [0, 0.05) is 5.75 Å². The molecule has 0 amide bonds. The van der Waals surface area contributed by atoms with E-state index in [1.54, 1.807) is 0 Å². The van der Waals surface area contributed by atoms with Crippen molar-refractivity contribution >= 4 is 12.6 Å². The molecule has 0 saturated carbocycles. The second kappa shape index (κ2) is 9.35. The van der Waals surface area contributed by atoms with E-state index in [0.29, 0.717) is 0 Å². The molecule has 0 aromatic carbocycles. The second-order valence-electron chi connectivity index (χ2n) is 2.83. The number of unbranched alkanes of at least 4 members (excludes halogenated alkanes) is 6. The van der Waals surface area contributed by atoms with E-state index in [4.69, 9.17) is 12.6 Å². The maximum absolute atomic E-state index is 4.85. The zero-order valence-electron chi connectivity index (χ0n) is 7.07. The van der Waals surface area contributed by atoms with Crippen molar-refractivity contribution in [2.75, 3.05) is 5.75 Å².